The van der Waals surface area contributed by atoms with Gasteiger partial charge in [0.25, 0.3) is 11.8 Å². The van der Waals surface area contributed by atoms with Crippen molar-refractivity contribution in [3.05, 3.63) is 81.5 Å². The second-order valence-corrected chi connectivity index (χ2v) is 9.85. The van der Waals surface area contributed by atoms with Crippen LogP contribution in [0.25, 0.3) is 6.08 Å². The second kappa shape index (κ2) is 10.0. The molecule has 0 atom stereocenters. The Hall–Kier alpha value is -3.27. The molecule has 5 rings (SSSR count). The topological polar surface area (TPSA) is 66.2 Å². The predicted molar refractivity (Wildman–Crippen MR) is 147 cm³/mol. The zero-order valence-corrected chi connectivity index (χ0v) is 22.3. The minimum atomic E-state index is -0.503. The number of rotatable bonds is 4. The Balaban J connectivity index is 1.59. The number of benzene rings is 2. The van der Waals surface area contributed by atoms with E-state index in [1.54, 1.807) is 18.2 Å². The summed E-state index contributed by atoms with van der Waals surface area (Å²) in [6, 6.07) is 16.5. The zero-order chi connectivity index (χ0) is 25.4. The Morgan fingerprint density at radius 2 is 1.56 bits per heavy atom. The number of halogens is 1. The number of amides is 2. The maximum atomic E-state index is 13.8. The fourth-order valence-electron chi connectivity index (χ4n) is 4.20. The highest BCUT2D eigenvalue weighted by Crippen LogP contribution is 2.34. The molecule has 2 amide bonds. The predicted octanol–water partition coefficient (Wildman–Crippen LogP) is 5.24. The first-order chi connectivity index (χ1) is 17.3. The van der Waals surface area contributed by atoms with Gasteiger partial charge in [0, 0.05) is 19.2 Å². The molecule has 2 aliphatic rings. The fraction of sp³-hybridized carbons (Fsp3) is 0.222. The minimum absolute atomic E-state index is 0.0412. The monoisotopic (exact) mass is 565 g/mol. The van der Waals surface area contributed by atoms with Crippen molar-refractivity contribution in [3.8, 4) is 0 Å². The summed E-state index contributed by atoms with van der Waals surface area (Å²) < 4.78 is 12.2. The van der Waals surface area contributed by atoms with E-state index in [1.165, 1.54) is 15.9 Å². The zero-order valence-electron chi connectivity index (χ0n) is 19.9. The van der Waals surface area contributed by atoms with Gasteiger partial charge in [-0.05, 0) is 83.5 Å². The highest BCUT2D eigenvalue weighted by molar-refractivity contribution is 9.10. The molecule has 2 aromatic carbocycles. The molecule has 0 saturated carbocycles. The summed E-state index contributed by atoms with van der Waals surface area (Å²) in [6.45, 7) is 6.57. The third kappa shape index (κ3) is 4.50. The van der Waals surface area contributed by atoms with Crippen molar-refractivity contribution in [3.63, 3.8) is 0 Å². The third-order valence-corrected chi connectivity index (χ3v) is 7.22. The lowest BCUT2D eigenvalue weighted by molar-refractivity contribution is -0.120. The Bertz CT molecular complexity index is 1380. The number of furan rings is 1. The highest BCUT2D eigenvalue weighted by atomic mass is 79.9. The maximum Gasteiger partial charge on any atom is 0.270 e. The number of carbonyl (C=O) groups excluding carboxylic acids is 2. The Morgan fingerprint density at radius 1 is 0.889 bits per heavy atom. The molecule has 0 aliphatic carbocycles. The molecule has 3 heterocycles. The van der Waals surface area contributed by atoms with E-state index in [9.17, 15) is 9.59 Å². The van der Waals surface area contributed by atoms with Crippen LogP contribution in [0, 0.1) is 13.8 Å². The molecule has 0 N–H and O–H groups in total. The molecule has 1 aromatic heterocycles. The van der Waals surface area contributed by atoms with E-state index in [1.807, 2.05) is 50.2 Å². The van der Waals surface area contributed by atoms with Gasteiger partial charge in [-0.3, -0.25) is 19.4 Å². The van der Waals surface area contributed by atoms with E-state index >= 15 is 0 Å². The largest absolute Gasteiger partial charge is 0.440 e. The van der Waals surface area contributed by atoms with Crippen molar-refractivity contribution >= 4 is 68.4 Å². The van der Waals surface area contributed by atoms with Crippen LogP contribution in [0.4, 0.5) is 17.3 Å². The van der Waals surface area contributed by atoms with E-state index in [-0.39, 0.29) is 10.7 Å². The molecule has 36 heavy (non-hydrogen) atoms. The molecule has 2 saturated heterocycles. The van der Waals surface area contributed by atoms with Gasteiger partial charge < -0.3 is 14.1 Å². The number of nitrogens with zero attached hydrogens (tertiary/aromatic N) is 3. The number of para-hydroxylation sites is 1. The summed E-state index contributed by atoms with van der Waals surface area (Å²) in [5.41, 5.74) is 3.25. The first kappa shape index (κ1) is 24.4. The molecule has 0 radical (unpaired) electrons. The molecule has 3 aromatic rings. The first-order valence-electron chi connectivity index (χ1n) is 11.5. The lowest BCUT2D eigenvalue weighted by atomic mass is 10.1. The van der Waals surface area contributed by atoms with Gasteiger partial charge in [0.05, 0.1) is 29.1 Å². The summed E-state index contributed by atoms with van der Waals surface area (Å²) in [5.74, 6) is 0.0286. The van der Waals surface area contributed by atoms with Crippen molar-refractivity contribution in [1.82, 2.24) is 0 Å². The third-order valence-electron chi connectivity index (χ3n) is 6.29. The molecule has 0 unspecified atom stereocenters. The molecule has 0 spiro atoms. The SMILES string of the molecule is Cc1ccc(N2C(=O)/C(=C\c3cc(Br)c(N4CCOCC4)o3)C(=O)N(c3ccccc3)C2=S)cc1C. The summed E-state index contributed by atoms with van der Waals surface area (Å²) in [4.78, 5) is 32.3. The molecule has 2 aliphatic heterocycles. The van der Waals surface area contributed by atoms with Crippen molar-refractivity contribution in [2.24, 2.45) is 0 Å². The summed E-state index contributed by atoms with van der Waals surface area (Å²) >= 11 is 9.26. The smallest absolute Gasteiger partial charge is 0.270 e. The van der Waals surface area contributed by atoms with Crippen molar-refractivity contribution in [2.45, 2.75) is 13.8 Å². The van der Waals surface area contributed by atoms with Gasteiger partial charge >= 0.3 is 0 Å². The van der Waals surface area contributed by atoms with Crippen LogP contribution in [0.5, 0.6) is 0 Å². The van der Waals surface area contributed by atoms with Crippen LogP contribution in [-0.2, 0) is 14.3 Å². The van der Waals surface area contributed by atoms with Crippen LogP contribution in [0.3, 0.4) is 0 Å². The van der Waals surface area contributed by atoms with Gasteiger partial charge in [0.1, 0.15) is 11.3 Å². The van der Waals surface area contributed by atoms with Crippen molar-refractivity contribution in [1.29, 1.82) is 0 Å². The first-order valence-corrected chi connectivity index (χ1v) is 12.7. The van der Waals surface area contributed by atoms with Crippen LogP contribution in [0.2, 0.25) is 0 Å². The maximum absolute atomic E-state index is 13.8. The Morgan fingerprint density at radius 3 is 2.22 bits per heavy atom. The average Bonchev–Trinajstić information content (AvgIpc) is 3.25. The number of ether oxygens (including phenoxy) is 1. The molecule has 7 nitrogen and oxygen atoms in total. The number of anilines is 3. The number of hydrogen-bond acceptors (Lipinski definition) is 6. The molecule has 0 bridgehead atoms. The van der Waals surface area contributed by atoms with Crippen LogP contribution >= 0.6 is 28.1 Å². The van der Waals surface area contributed by atoms with Crippen molar-refractivity contribution < 1.29 is 18.7 Å². The second-order valence-electron chi connectivity index (χ2n) is 8.63. The molecule has 184 valence electrons. The highest BCUT2D eigenvalue weighted by Gasteiger charge is 2.41. The van der Waals surface area contributed by atoms with E-state index in [0.29, 0.717) is 49.3 Å². The number of thiocarbonyl (C=S) groups is 1. The van der Waals surface area contributed by atoms with Crippen LogP contribution in [0.1, 0.15) is 16.9 Å². The van der Waals surface area contributed by atoms with Gasteiger partial charge in [-0.25, -0.2) is 0 Å². The number of carbonyl (C=O) groups is 2. The van der Waals surface area contributed by atoms with E-state index in [2.05, 4.69) is 20.8 Å². The minimum Gasteiger partial charge on any atom is -0.440 e. The van der Waals surface area contributed by atoms with E-state index < -0.39 is 11.8 Å². The fourth-order valence-corrected chi connectivity index (χ4v) is 5.13. The number of morpholine rings is 1. The van der Waals surface area contributed by atoms with Crippen LogP contribution in [0.15, 0.2) is 69.1 Å². The van der Waals surface area contributed by atoms with E-state index in [0.717, 1.165) is 15.6 Å². The van der Waals surface area contributed by atoms with Gasteiger partial charge in [0.2, 0.25) is 5.88 Å². The van der Waals surface area contributed by atoms with Gasteiger partial charge in [-0.15, -0.1) is 0 Å². The number of hydrogen-bond donors (Lipinski definition) is 0. The summed E-state index contributed by atoms with van der Waals surface area (Å²) in [7, 11) is 0. The summed E-state index contributed by atoms with van der Waals surface area (Å²) in [5, 5.41) is 0.103. The standard InChI is InChI=1S/C27H24BrN3O4S/c1-17-8-9-20(14-18(17)2)31-25(33)22(24(32)30(27(31)36)19-6-4-3-5-7-19)15-21-16-23(28)26(35-21)29-10-12-34-13-11-29/h3-9,14-16H,10-13H2,1-2H3/b22-15-. The lowest BCUT2D eigenvalue weighted by Crippen LogP contribution is -2.57. The molecular formula is C27H24BrN3O4S. The van der Waals surface area contributed by atoms with Gasteiger partial charge in [-0.2, -0.15) is 0 Å². The number of aryl methyl sites for hydroxylation is 2. The van der Waals surface area contributed by atoms with Crippen LogP contribution in [-0.4, -0.2) is 43.2 Å². The van der Waals surface area contributed by atoms with Gasteiger partial charge in [0.15, 0.2) is 5.11 Å². The Kier molecular flexibility index (Phi) is 6.79. The molecule has 9 heteroatoms. The molecular weight excluding hydrogens is 542 g/mol. The average molecular weight is 566 g/mol. The normalized spacial score (nSPS) is 17.9. The Labute approximate surface area is 223 Å². The quantitative estimate of drug-likeness (QED) is 0.245. The lowest BCUT2D eigenvalue weighted by Gasteiger charge is -2.36. The van der Waals surface area contributed by atoms with E-state index in [4.69, 9.17) is 21.4 Å². The van der Waals surface area contributed by atoms with Crippen LogP contribution < -0.4 is 14.7 Å². The summed E-state index contributed by atoms with van der Waals surface area (Å²) in [6.07, 6.45) is 1.49. The van der Waals surface area contributed by atoms with Crippen molar-refractivity contribution in [2.75, 3.05) is 41.0 Å². The molecule has 2 fully saturated rings. The van der Waals surface area contributed by atoms with Gasteiger partial charge in [-0.1, -0.05) is 24.3 Å².